The van der Waals surface area contributed by atoms with E-state index in [0.29, 0.717) is 10.0 Å². The van der Waals surface area contributed by atoms with E-state index in [4.69, 9.17) is 23.2 Å². The first-order chi connectivity index (χ1) is 10.2. The van der Waals surface area contributed by atoms with E-state index in [9.17, 15) is 0 Å². The van der Waals surface area contributed by atoms with Crippen LogP contribution in [0, 0.1) is 0 Å². The van der Waals surface area contributed by atoms with E-state index in [1.54, 1.807) is 18.3 Å². The van der Waals surface area contributed by atoms with Crippen molar-refractivity contribution in [2.75, 3.05) is 5.32 Å². The third-order valence-electron chi connectivity index (χ3n) is 2.97. The van der Waals surface area contributed by atoms with Gasteiger partial charge in [-0.2, -0.15) is 5.10 Å². The molecule has 0 unspecified atom stereocenters. The molecular formula is C16H11Cl2N3. The SMILES string of the molecule is Clc1ccc(-c2nnccc2Nc2ccccc2)cc1Cl. The molecule has 0 fully saturated rings. The molecule has 5 heteroatoms. The molecule has 3 rings (SSSR count). The first kappa shape index (κ1) is 13.9. The smallest absolute Gasteiger partial charge is 0.116 e. The molecule has 0 saturated carbocycles. The molecule has 0 bridgehead atoms. The highest BCUT2D eigenvalue weighted by atomic mass is 35.5. The average molecular weight is 316 g/mol. The summed E-state index contributed by atoms with van der Waals surface area (Å²) >= 11 is 12.0. The van der Waals surface area contributed by atoms with Gasteiger partial charge >= 0.3 is 0 Å². The Hall–Kier alpha value is -2.10. The van der Waals surface area contributed by atoms with Gasteiger partial charge in [0.1, 0.15) is 5.69 Å². The van der Waals surface area contributed by atoms with Crippen molar-refractivity contribution in [2.45, 2.75) is 0 Å². The Morgan fingerprint density at radius 3 is 2.43 bits per heavy atom. The predicted octanol–water partition coefficient (Wildman–Crippen LogP) is 5.19. The van der Waals surface area contributed by atoms with E-state index in [2.05, 4.69) is 15.5 Å². The number of benzene rings is 2. The minimum atomic E-state index is 0.491. The van der Waals surface area contributed by atoms with E-state index >= 15 is 0 Å². The highest BCUT2D eigenvalue weighted by Gasteiger charge is 2.09. The average Bonchev–Trinajstić information content (AvgIpc) is 2.52. The lowest BCUT2D eigenvalue weighted by molar-refractivity contribution is 1.04. The van der Waals surface area contributed by atoms with Crippen molar-refractivity contribution in [1.82, 2.24) is 10.2 Å². The number of hydrogen-bond donors (Lipinski definition) is 1. The van der Waals surface area contributed by atoms with Crippen LogP contribution in [0.15, 0.2) is 60.8 Å². The highest BCUT2D eigenvalue weighted by molar-refractivity contribution is 6.42. The zero-order chi connectivity index (χ0) is 14.7. The third-order valence-corrected chi connectivity index (χ3v) is 3.71. The molecule has 3 aromatic rings. The first-order valence-corrected chi connectivity index (χ1v) is 7.09. The zero-order valence-electron chi connectivity index (χ0n) is 10.9. The topological polar surface area (TPSA) is 37.8 Å². The summed E-state index contributed by atoms with van der Waals surface area (Å²) in [5.41, 5.74) is 3.41. The van der Waals surface area contributed by atoms with Crippen LogP contribution in [0.4, 0.5) is 11.4 Å². The summed E-state index contributed by atoms with van der Waals surface area (Å²) in [4.78, 5) is 0. The lowest BCUT2D eigenvalue weighted by Crippen LogP contribution is -1.97. The van der Waals surface area contributed by atoms with Gasteiger partial charge in [0.15, 0.2) is 0 Å². The van der Waals surface area contributed by atoms with Crippen LogP contribution in [-0.4, -0.2) is 10.2 Å². The number of halogens is 2. The number of hydrogen-bond acceptors (Lipinski definition) is 3. The molecule has 0 saturated heterocycles. The lowest BCUT2D eigenvalue weighted by atomic mass is 10.1. The molecule has 104 valence electrons. The number of nitrogens with zero attached hydrogens (tertiary/aromatic N) is 2. The Balaban J connectivity index is 2.01. The van der Waals surface area contributed by atoms with Crippen LogP contribution in [0.2, 0.25) is 10.0 Å². The van der Waals surface area contributed by atoms with Gasteiger partial charge in [0.25, 0.3) is 0 Å². The first-order valence-electron chi connectivity index (χ1n) is 6.33. The maximum absolute atomic E-state index is 6.08. The van der Waals surface area contributed by atoms with Crippen LogP contribution in [0.25, 0.3) is 11.3 Å². The van der Waals surface area contributed by atoms with Crippen molar-refractivity contribution in [1.29, 1.82) is 0 Å². The van der Waals surface area contributed by atoms with Crippen LogP contribution >= 0.6 is 23.2 Å². The number of rotatable bonds is 3. The van der Waals surface area contributed by atoms with Crippen LogP contribution < -0.4 is 5.32 Å². The Morgan fingerprint density at radius 1 is 0.857 bits per heavy atom. The summed E-state index contributed by atoms with van der Waals surface area (Å²) in [5.74, 6) is 0. The molecule has 1 aromatic heterocycles. The second-order valence-electron chi connectivity index (χ2n) is 4.41. The molecule has 0 aliphatic rings. The molecule has 1 heterocycles. The van der Waals surface area contributed by atoms with E-state index in [-0.39, 0.29) is 0 Å². The fraction of sp³-hybridized carbons (Fsp3) is 0. The molecule has 0 amide bonds. The second kappa shape index (κ2) is 6.12. The van der Waals surface area contributed by atoms with Gasteiger partial charge in [-0.25, -0.2) is 0 Å². The fourth-order valence-electron chi connectivity index (χ4n) is 1.97. The van der Waals surface area contributed by atoms with Gasteiger partial charge in [-0.3, -0.25) is 0 Å². The van der Waals surface area contributed by atoms with Crippen molar-refractivity contribution in [3.8, 4) is 11.3 Å². The van der Waals surface area contributed by atoms with Gasteiger partial charge < -0.3 is 5.32 Å². The van der Waals surface area contributed by atoms with Crippen LogP contribution in [0.3, 0.4) is 0 Å². The van der Waals surface area contributed by atoms with E-state index in [0.717, 1.165) is 22.6 Å². The van der Waals surface area contributed by atoms with Crippen molar-refractivity contribution < 1.29 is 0 Å². The summed E-state index contributed by atoms with van der Waals surface area (Å²) < 4.78 is 0. The summed E-state index contributed by atoms with van der Waals surface area (Å²) in [7, 11) is 0. The second-order valence-corrected chi connectivity index (χ2v) is 5.23. The molecule has 21 heavy (non-hydrogen) atoms. The molecule has 1 N–H and O–H groups in total. The molecule has 0 spiro atoms. The molecule has 3 nitrogen and oxygen atoms in total. The maximum Gasteiger partial charge on any atom is 0.116 e. The summed E-state index contributed by atoms with van der Waals surface area (Å²) in [6, 6.07) is 17.1. The Kier molecular flexibility index (Phi) is 4.04. The van der Waals surface area contributed by atoms with Gasteiger partial charge in [-0.15, -0.1) is 5.10 Å². The molecular weight excluding hydrogens is 305 g/mol. The summed E-state index contributed by atoms with van der Waals surface area (Å²) in [5, 5.41) is 12.5. The largest absolute Gasteiger partial charge is 0.354 e. The molecule has 2 aromatic carbocycles. The highest BCUT2D eigenvalue weighted by Crippen LogP contribution is 2.32. The Labute approximate surface area is 132 Å². The van der Waals surface area contributed by atoms with E-state index in [1.165, 1.54) is 0 Å². The number of para-hydroxylation sites is 1. The zero-order valence-corrected chi connectivity index (χ0v) is 12.4. The quantitative estimate of drug-likeness (QED) is 0.722. The predicted molar refractivity (Wildman–Crippen MR) is 87.2 cm³/mol. The van der Waals surface area contributed by atoms with Crippen molar-refractivity contribution >= 4 is 34.6 Å². The van der Waals surface area contributed by atoms with Crippen molar-refractivity contribution in [3.05, 3.63) is 70.8 Å². The van der Waals surface area contributed by atoms with Crippen LogP contribution in [0.1, 0.15) is 0 Å². The summed E-state index contributed by atoms with van der Waals surface area (Å²) in [6.07, 6.45) is 1.65. The lowest BCUT2D eigenvalue weighted by Gasteiger charge is -2.11. The number of aromatic nitrogens is 2. The minimum absolute atomic E-state index is 0.491. The van der Waals surface area contributed by atoms with Crippen molar-refractivity contribution in [3.63, 3.8) is 0 Å². The van der Waals surface area contributed by atoms with Crippen molar-refractivity contribution in [2.24, 2.45) is 0 Å². The molecule has 0 atom stereocenters. The molecule has 0 aliphatic heterocycles. The van der Waals surface area contributed by atoms with Gasteiger partial charge in [0.05, 0.1) is 21.9 Å². The fourth-order valence-corrected chi connectivity index (χ4v) is 2.26. The van der Waals surface area contributed by atoms with E-state index < -0.39 is 0 Å². The van der Waals surface area contributed by atoms with Gasteiger partial charge in [-0.05, 0) is 30.3 Å². The monoisotopic (exact) mass is 315 g/mol. The van der Waals surface area contributed by atoms with Crippen LogP contribution in [0.5, 0.6) is 0 Å². The van der Waals surface area contributed by atoms with Gasteiger partial charge in [0, 0.05) is 11.3 Å². The Bertz CT molecular complexity index is 760. The van der Waals surface area contributed by atoms with Gasteiger partial charge in [-0.1, -0.05) is 47.5 Å². The van der Waals surface area contributed by atoms with E-state index in [1.807, 2.05) is 42.5 Å². The third kappa shape index (κ3) is 3.15. The Morgan fingerprint density at radius 2 is 1.67 bits per heavy atom. The molecule has 0 radical (unpaired) electrons. The standard InChI is InChI=1S/C16H11Cl2N3/c17-13-7-6-11(10-14(13)18)16-15(8-9-19-21-16)20-12-4-2-1-3-5-12/h1-10H,(H,19,20). The van der Waals surface area contributed by atoms with Gasteiger partial charge in [0.2, 0.25) is 0 Å². The normalized spacial score (nSPS) is 10.4. The number of anilines is 2. The maximum atomic E-state index is 6.08. The summed E-state index contributed by atoms with van der Waals surface area (Å²) in [6.45, 7) is 0. The minimum Gasteiger partial charge on any atom is -0.354 e. The van der Waals surface area contributed by atoms with Crippen LogP contribution in [-0.2, 0) is 0 Å². The molecule has 0 aliphatic carbocycles. The number of nitrogens with one attached hydrogen (secondary N) is 1.